The van der Waals surface area contributed by atoms with Crippen molar-refractivity contribution >= 4 is 23.2 Å². The highest BCUT2D eigenvalue weighted by molar-refractivity contribution is 5.96. The van der Waals surface area contributed by atoms with Crippen molar-refractivity contribution in [2.45, 2.75) is 32.1 Å². The molecule has 1 aliphatic heterocycles. The third-order valence-electron chi connectivity index (χ3n) is 6.10. The van der Waals surface area contributed by atoms with Crippen LogP contribution in [-0.4, -0.2) is 43.0 Å². The average molecular weight is 472 g/mol. The summed E-state index contributed by atoms with van der Waals surface area (Å²) in [5.41, 5.74) is 3.41. The molecule has 182 valence electrons. The minimum Gasteiger partial charge on any atom is -0.491 e. The van der Waals surface area contributed by atoms with Gasteiger partial charge in [-0.25, -0.2) is 0 Å². The number of piperidine rings is 1. The van der Waals surface area contributed by atoms with Gasteiger partial charge in [-0.05, 0) is 74.1 Å². The Morgan fingerprint density at radius 1 is 0.829 bits per heavy atom. The summed E-state index contributed by atoms with van der Waals surface area (Å²) in [6, 6.07) is 25.1. The Morgan fingerprint density at radius 2 is 1.54 bits per heavy atom. The summed E-state index contributed by atoms with van der Waals surface area (Å²) in [7, 11) is 0. The minimum absolute atomic E-state index is 0.0781. The van der Waals surface area contributed by atoms with Crippen LogP contribution in [0.15, 0.2) is 78.9 Å². The maximum absolute atomic E-state index is 12.6. The van der Waals surface area contributed by atoms with Crippen LogP contribution >= 0.6 is 0 Å². The number of hydrogen-bond donors (Lipinski definition) is 2. The van der Waals surface area contributed by atoms with Crippen molar-refractivity contribution in [1.82, 2.24) is 4.90 Å². The van der Waals surface area contributed by atoms with E-state index >= 15 is 0 Å². The summed E-state index contributed by atoms with van der Waals surface area (Å²) in [6.45, 7) is 2.35. The lowest BCUT2D eigenvalue weighted by Crippen LogP contribution is -2.35. The molecule has 1 heterocycles. The number of carbonyl (C=O) groups excluding carboxylic acids is 2. The topological polar surface area (TPSA) is 70.7 Å². The molecule has 3 aromatic carbocycles. The van der Waals surface area contributed by atoms with Crippen LogP contribution in [0.2, 0.25) is 0 Å². The van der Waals surface area contributed by atoms with E-state index in [2.05, 4.69) is 22.8 Å². The van der Waals surface area contributed by atoms with Crippen LogP contribution < -0.4 is 15.4 Å². The summed E-state index contributed by atoms with van der Waals surface area (Å²) in [6.07, 6.45) is 5.18. The maximum atomic E-state index is 12.6. The van der Waals surface area contributed by atoms with Gasteiger partial charge in [-0.2, -0.15) is 0 Å². The van der Waals surface area contributed by atoms with Crippen LogP contribution in [0.25, 0.3) is 0 Å². The normalized spacial score (nSPS) is 13.2. The first-order chi connectivity index (χ1) is 17.2. The Kier molecular flexibility index (Phi) is 8.76. The monoisotopic (exact) mass is 471 g/mol. The van der Waals surface area contributed by atoms with E-state index in [1.807, 2.05) is 71.6 Å². The summed E-state index contributed by atoms with van der Waals surface area (Å²) in [5.74, 6) is 0.572. The van der Waals surface area contributed by atoms with Crippen molar-refractivity contribution in [2.75, 3.05) is 36.9 Å². The first-order valence-corrected chi connectivity index (χ1v) is 12.4. The van der Waals surface area contributed by atoms with Crippen LogP contribution in [0.5, 0.6) is 5.75 Å². The molecule has 0 spiro atoms. The molecule has 2 amide bonds. The van der Waals surface area contributed by atoms with Crippen molar-refractivity contribution in [1.29, 1.82) is 0 Å². The Balaban J connectivity index is 1.23. The SMILES string of the molecule is O=C(CNc1ccc(C(=O)N2CCCCC2)cc1)Nc1ccccc1OCCCc1ccccc1. The predicted octanol–water partition coefficient (Wildman–Crippen LogP) is 5.37. The Labute approximate surface area is 207 Å². The molecule has 35 heavy (non-hydrogen) atoms. The van der Waals surface area contributed by atoms with Crippen molar-refractivity contribution in [2.24, 2.45) is 0 Å². The van der Waals surface area contributed by atoms with Crippen LogP contribution in [0.1, 0.15) is 41.6 Å². The number of benzene rings is 3. The summed E-state index contributed by atoms with van der Waals surface area (Å²) in [5, 5.41) is 6.05. The predicted molar refractivity (Wildman–Crippen MR) is 140 cm³/mol. The number of amides is 2. The number of anilines is 2. The highest BCUT2D eigenvalue weighted by atomic mass is 16.5. The number of para-hydroxylation sites is 2. The number of hydrogen-bond acceptors (Lipinski definition) is 4. The van der Waals surface area contributed by atoms with Gasteiger partial charge in [0.15, 0.2) is 0 Å². The summed E-state index contributed by atoms with van der Waals surface area (Å²) >= 11 is 0. The molecule has 0 bridgehead atoms. The largest absolute Gasteiger partial charge is 0.491 e. The quantitative estimate of drug-likeness (QED) is 0.390. The fourth-order valence-corrected chi connectivity index (χ4v) is 4.19. The van der Waals surface area contributed by atoms with Crippen LogP contribution in [-0.2, 0) is 11.2 Å². The lowest BCUT2D eigenvalue weighted by atomic mass is 10.1. The fraction of sp³-hybridized carbons (Fsp3) is 0.310. The molecule has 0 aromatic heterocycles. The zero-order valence-corrected chi connectivity index (χ0v) is 20.0. The third-order valence-corrected chi connectivity index (χ3v) is 6.10. The molecule has 0 unspecified atom stereocenters. The van der Waals surface area contributed by atoms with Crippen LogP contribution in [0, 0.1) is 0 Å². The molecule has 0 aliphatic carbocycles. The average Bonchev–Trinajstić information content (AvgIpc) is 2.92. The fourth-order valence-electron chi connectivity index (χ4n) is 4.19. The smallest absolute Gasteiger partial charge is 0.253 e. The minimum atomic E-state index is -0.168. The number of nitrogens with zero attached hydrogens (tertiary/aromatic N) is 1. The molecule has 6 nitrogen and oxygen atoms in total. The summed E-state index contributed by atoms with van der Waals surface area (Å²) < 4.78 is 5.94. The Morgan fingerprint density at radius 3 is 2.31 bits per heavy atom. The lowest BCUT2D eigenvalue weighted by Gasteiger charge is -2.26. The third kappa shape index (κ3) is 7.34. The number of carbonyl (C=O) groups is 2. The molecule has 0 atom stereocenters. The molecule has 0 radical (unpaired) electrons. The van der Waals surface area contributed by atoms with Gasteiger partial charge in [-0.3, -0.25) is 9.59 Å². The van der Waals surface area contributed by atoms with E-state index in [9.17, 15) is 9.59 Å². The number of rotatable bonds is 10. The molecule has 1 fully saturated rings. The van der Waals surface area contributed by atoms with Gasteiger partial charge < -0.3 is 20.3 Å². The molecule has 1 aliphatic rings. The van der Waals surface area contributed by atoms with Gasteiger partial charge in [0.05, 0.1) is 18.8 Å². The Hall–Kier alpha value is -3.80. The molecule has 3 aromatic rings. The van der Waals surface area contributed by atoms with Crippen molar-refractivity contribution in [3.63, 3.8) is 0 Å². The molecular formula is C29H33N3O3. The molecular weight excluding hydrogens is 438 g/mol. The number of nitrogens with one attached hydrogen (secondary N) is 2. The van der Waals surface area contributed by atoms with Gasteiger partial charge in [-0.15, -0.1) is 0 Å². The van der Waals surface area contributed by atoms with Crippen molar-refractivity contribution in [3.05, 3.63) is 90.0 Å². The molecule has 4 rings (SSSR count). The van der Waals surface area contributed by atoms with Gasteiger partial charge >= 0.3 is 0 Å². The molecule has 0 saturated carbocycles. The van der Waals surface area contributed by atoms with E-state index in [1.54, 1.807) is 0 Å². The second-order valence-electron chi connectivity index (χ2n) is 8.77. The number of likely N-dealkylation sites (tertiary alicyclic amines) is 1. The van der Waals surface area contributed by atoms with E-state index in [4.69, 9.17) is 4.74 Å². The highest BCUT2D eigenvalue weighted by Gasteiger charge is 2.18. The zero-order valence-electron chi connectivity index (χ0n) is 20.0. The van der Waals surface area contributed by atoms with E-state index in [0.29, 0.717) is 23.6 Å². The first-order valence-electron chi connectivity index (χ1n) is 12.4. The summed E-state index contributed by atoms with van der Waals surface area (Å²) in [4.78, 5) is 27.1. The first kappa shape index (κ1) is 24.3. The zero-order chi connectivity index (χ0) is 24.3. The van der Waals surface area contributed by atoms with E-state index < -0.39 is 0 Å². The Bertz CT molecular complexity index is 1090. The molecule has 1 saturated heterocycles. The van der Waals surface area contributed by atoms with Crippen LogP contribution in [0.4, 0.5) is 11.4 Å². The van der Waals surface area contributed by atoms with Crippen molar-refractivity contribution < 1.29 is 14.3 Å². The van der Waals surface area contributed by atoms with Gasteiger partial charge in [0.1, 0.15) is 5.75 Å². The maximum Gasteiger partial charge on any atom is 0.253 e. The van der Waals surface area contributed by atoms with E-state index in [0.717, 1.165) is 44.5 Å². The van der Waals surface area contributed by atoms with E-state index in [1.165, 1.54) is 12.0 Å². The number of ether oxygens (including phenoxy) is 1. The standard InChI is InChI=1S/C29H33N3O3/c33-28(22-30-25-17-15-24(16-18-25)29(34)32-19-7-2-8-20-32)31-26-13-5-6-14-27(26)35-21-9-12-23-10-3-1-4-11-23/h1,3-6,10-11,13-18,30H,2,7-9,12,19-22H2,(H,31,33). The molecule has 6 heteroatoms. The highest BCUT2D eigenvalue weighted by Crippen LogP contribution is 2.24. The second kappa shape index (κ2) is 12.6. The second-order valence-corrected chi connectivity index (χ2v) is 8.77. The van der Waals surface area contributed by atoms with Gasteiger partial charge in [-0.1, -0.05) is 42.5 Å². The van der Waals surface area contributed by atoms with Crippen molar-refractivity contribution in [3.8, 4) is 5.75 Å². The van der Waals surface area contributed by atoms with Gasteiger partial charge in [0.25, 0.3) is 5.91 Å². The van der Waals surface area contributed by atoms with Gasteiger partial charge in [0, 0.05) is 24.3 Å². The molecule has 2 N–H and O–H groups in total. The van der Waals surface area contributed by atoms with Crippen LogP contribution in [0.3, 0.4) is 0 Å². The van der Waals surface area contributed by atoms with E-state index in [-0.39, 0.29) is 18.4 Å². The van der Waals surface area contributed by atoms with Gasteiger partial charge in [0.2, 0.25) is 5.91 Å². The number of aryl methyl sites for hydroxylation is 1. The lowest BCUT2D eigenvalue weighted by molar-refractivity contribution is -0.114.